The third kappa shape index (κ3) is 14.9. The van der Waals surface area contributed by atoms with E-state index in [1.165, 1.54) is 44.5 Å². The molecule has 3 aliphatic carbocycles. The van der Waals surface area contributed by atoms with E-state index in [2.05, 4.69) is 159 Å². The van der Waals surface area contributed by atoms with Gasteiger partial charge in [-0.1, -0.05) is 255 Å². The lowest BCUT2D eigenvalue weighted by Crippen LogP contribution is -2.38. The number of esters is 1. The Kier molecular flexibility index (Phi) is 19.8. The van der Waals surface area contributed by atoms with Crippen molar-refractivity contribution in [2.75, 3.05) is 19.7 Å². The maximum Gasteiger partial charge on any atom is 0.306 e. The molecule has 4 aliphatic rings. The molecule has 0 radical (unpaired) electrons. The molecule has 12 nitrogen and oxygen atoms in total. The van der Waals surface area contributed by atoms with Crippen molar-refractivity contribution in [1.82, 2.24) is 35.9 Å². The fourth-order valence-corrected chi connectivity index (χ4v) is 15.5. The van der Waals surface area contributed by atoms with E-state index >= 15 is 0 Å². The van der Waals surface area contributed by atoms with Crippen LogP contribution < -0.4 is 16.0 Å². The number of carbonyl (C=O) groups is 4. The van der Waals surface area contributed by atoms with Crippen molar-refractivity contribution in [1.29, 1.82) is 0 Å². The Morgan fingerprint density at radius 2 is 0.871 bits per heavy atom. The molecule has 101 heavy (non-hydrogen) atoms. The highest BCUT2D eigenvalue weighted by Crippen LogP contribution is 2.45. The van der Waals surface area contributed by atoms with Gasteiger partial charge in [0.1, 0.15) is 24.0 Å². The summed E-state index contributed by atoms with van der Waals surface area (Å²) in [7, 11) is 0. The number of aromatic nitrogens is 4. The van der Waals surface area contributed by atoms with Crippen molar-refractivity contribution in [2.45, 2.75) is 82.2 Å². The van der Waals surface area contributed by atoms with Gasteiger partial charge in [-0.15, -0.1) is 0 Å². The van der Waals surface area contributed by atoms with E-state index < -0.39 is 23.8 Å². The molecule has 502 valence electrons. The third-order valence-electron chi connectivity index (χ3n) is 20.8. The molecule has 4 atom stereocenters. The highest BCUT2D eigenvalue weighted by atomic mass is 16.5. The molecule has 10 aromatic carbocycles. The number of imidazole rings is 2. The molecule has 0 bridgehead atoms. The lowest BCUT2D eigenvalue weighted by molar-refractivity contribution is -0.147. The van der Waals surface area contributed by atoms with Crippen LogP contribution in [0.15, 0.2) is 267 Å². The molecule has 0 spiro atoms. The van der Waals surface area contributed by atoms with Crippen molar-refractivity contribution >= 4 is 56.3 Å². The quantitative estimate of drug-likeness (QED) is 0.0394. The SMILES string of the molecule is O=C(C[C@H](Cc1cccc2ccccc12)C(=O)N[C@H](CC1=CCc2ccccc21)c1ncc(-c2ccccc2)[nH]1)C1CCNCC1.O=C(C[C@H](Cc1cccc2ccccc12)C(=O)N[C@H](CC1=CCc2ccccc21)c1ncc(-c2ccccc2)[nH]1)OCC1c2ccccc2-c2ccccc21. The maximum atomic E-state index is 14.7. The van der Waals surface area contributed by atoms with Gasteiger partial charge >= 0.3 is 5.97 Å². The van der Waals surface area contributed by atoms with Crippen molar-refractivity contribution < 1.29 is 23.9 Å². The number of H-pyrrole nitrogens is 2. The number of ketones is 1. The Morgan fingerprint density at radius 3 is 1.38 bits per heavy atom. The van der Waals surface area contributed by atoms with E-state index in [-0.39, 0.29) is 54.9 Å². The molecule has 2 aromatic heterocycles. The number of benzene rings is 10. The summed E-state index contributed by atoms with van der Waals surface area (Å²) in [5, 5.41) is 14.5. The number of hydrogen-bond acceptors (Lipinski definition) is 8. The summed E-state index contributed by atoms with van der Waals surface area (Å²) in [6.45, 7) is 1.90. The van der Waals surface area contributed by atoms with Gasteiger partial charge in [0.25, 0.3) is 0 Å². The number of piperidine rings is 1. The lowest BCUT2D eigenvalue weighted by Gasteiger charge is -2.26. The maximum absolute atomic E-state index is 14.7. The van der Waals surface area contributed by atoms with E-state index in [0.717, 1.165) is 105 Å². The Balaban J connectivity index is 0.000000166. The lowest BCUT2D eigenvalue weighted by atomic mass is 9.84. The Hall–Kier alpha value is -11.3. The molecular formula is C89H81N7O5. The number of Topliss-reactive ketones (excluding diaryl/α,β-unsaturated/α-hetero) is 1. The zero-order valence-electron chi connectivity index (χ0n) is 56.5. The smallest absolute Gasteiger partial charge is 0.306 e. The second kappa shape index (κ2) is 30.4. The third-order valence-corrected chi connectivity index (χ3v) is 20.8. The van der Waals surface area contributed by atoms with Gasteiger partial charge < -0.3 is 30.7 Å². The van der Waals surface area contributed by atoms with Crippen molar-refractivity contribution in [3.05, 3.63) is 323 Å². The second-order valence-corrected chi connectivity index (χ2v) is 27.2. The normalized spacial score (nSPS) is 15.0. The number of nitrogens with zero attached hydrogens (tertiary/aromatic N) is 2. The summed E-state index contributed by atoms with van der Waals surface area (Å²) in [5.74, 6) is -0.383. The zero-order valence-corrected chi connectivity index (χ0v) is 56.5. The Labute approximate surface area is 589 Å². The molecule has 0 unspecified atom stereocenters. The van der Waals surface area contributed by atoms with Crippen LogP contribution in [0, 0.1) is 17.8 Å². The molecule has 16 rings (SSSR count). The van der Waals surface area contributed by atoms with Gasteiger partial charge in [-0.2, -0.15) is 0 Å². The van der Waals surface area contributed by atoms with Gasteiger partial charge in [-0.05, 0) is 151 Å². The summed E-state index contributed by atoms with van der Waals surface area (Å²) in [4.78, 5) is 73.3. The van der Waals surface area contributed by atoms with Gasteiger partial charge in [0.2, 0.25) is 11.8 Å². The average molecular weight is 1330 g/mol. The first kappa shape index (κ1) is 65.6. The van der Waals surface area contributed by atoms with Gasteiger partial charge in [-0.3, -0.25) is 19.2 Å². The highest BCUT2D eigenvalue weighted by Gasteiger charge is 2.35. The van der Waals surface area contributed by atoms with Crippen LogP contribution in [0.3, 0.4) is 0 Å². The molecule has 12 aromatic rings. The summed E-state index contributed by atoms with van der Waals surface area (Å²) in [6.07, 6.45) is 13.8. The summed E-state index contributed by atoms with van der Waals surface area (Å²) < 4.78 is 6.09. The fraction of sp³-hybridized carbons (Fsp3) is 0.213. The molecule has 1 fully saturated rings. The van der Waals surface area contributed by atoms with Crippen LogP contribution in [0.5, 0.6) is 0 Å². The first-order chi connectivity index (χ1) is 49.7. The number of amides is 2. The van der Waals surface area contributed by atoms with E-state index in [9.17, 15) is 19.2 Å². The van der Waals surface area contributed by atoms with Crippen molar-refractivity contribution in [3.63, 3.8) is 0 Å². The minimum atomic E-state index is -0.683. The van der Waals surface area contributed by atoms with Crippen molar-refractivity contribution in [3.8, 4) is 33.6 Å². The minimum absolute atomic E-state index is 0.00138. The van der Waals surface area contributed by atoms with E-state index in [4.69, 9.17) is 14.7 Å². The molecule has 3 heterocycles. The molecule has 0 saturated carbocycles. The molecule has 1 aliphatic heterocycles. The molecule has 12 heteroatoms. The number of allylic oxidation sites excluding steroid dienone is 2. The number of rotatable bonds is 23. The van der Waals surface area contributed by atoms with Crippen molar-refractivity contribution in [2.24, 2.45) is 17.8 Å². The van der Waals surface area contributed by atoms with Crippen LogP contribution in [-0.2, 0) is 49.6 Å². The van der Waals surface area contributed by atoms with Crippen LogP contribution in [-0.4, -0.2) is 63.2 Å². The zero-order chi connectivity index (χ0) is 68.4. The van der Waals surface area contributed by atoms with Crippen LogP contribution >= 0.6 is 0 Å². The number of ether oxygens (including phenoxy) is 1. The number of hydrogen-bond donors (Lipinski definition) is 5. The van der Waals surface area contributed by atoms with E-state index in [1.54, 1.807) is 0 Å². The molecule has 2 amide bonds. The standard InChI is InChI=1S/C49H41N3O3.C40H40N4O2/c53-47(55-31-44-42-23-10-8-21-40(42)41-22-9-11-24-43(41)44)29-37(27-35-18-12-17-32-13-4-6-19-38(32)35)49(54)52-45(28-36-26-25-33-14-5-7-20-39(33)36)48-50-30-46(51-48)34-15-2-1-3-16-34;45-38(30-19-21-41-22-20-30)25-33(23-31-14-8-13-27-9-4-6-15-34(27)31)40(46)44-36(24-32-18-17-28-10-5-7-16-35(28)32)39-42-26-37(43-39)29-11-2-1-3-12-29/h1-24,26,30,37,44-45H,25,27-29,31H2,(H,50,51)(H,52,54);1-16,18,26,30,33,36,41H,17,19-25H2,(H,42,43)(H,44,46)/t37-,45+;33-,36+/m00/s1. The number of carbonyl (C=O) groups excluding carboxylic acids is 4. The highest BCUT2D eigenvalue weighted by molar-refractivity contribution is 5.92. The van der Waals surface area contributed by atoms with Crippen LogP contribution in [0.1, 0.15) is 113 Å². The monoisotopic (exact) mass is 1330 g/mol. The number of nitrogens with one attached hydrogen (secondary N) is 5. The predicted molar refractivity (Wildman–Crippen MR) is 402 cm³/mol. The Morgan fingerprint density at radius 1 is 0.446 bits per heavy atom. The van der Waals surface area contributed by atoms with Crippen LogP contribution in [0.2, 0.25) is 0 Å². The van der Waals surface area contributed by atoms with Crippen LogP contribution in [0.25, 0.3) is 66.3 Å². The Bertz CT molecular complexity index is 4990. The molecular weight excluding hydrogens is 1250 g/mol. The molecule has 1 saturated heterocycles. The molecule has 5 N–H and O–H groups in total. The summed E-state index contributed by atoms with van der Waals surface area (Å²) in [5.41, 5.74) is 18.0. The van der Waals surface area contributed by atoms with Gasteiger partial charge in [-0.25, -0.2) is 9.97 Å². The number of aromatic amines is 2. The van der Waals surface area contributed by atoms with E-state index in [0.29, 0.717) is 37.3 Å². The van der Waals surface area contributed by atoms with Gasteiger partial charge in [0.15, 0.2) is 0 Å². The largest absolute Gasteiger partial charge is 0.465 e. The number of fused-ring (bicyclic) bond motifs is 7. The predicted octanol–water partition coefficient (Wildman–Crippen LogP) is 17.3. The van der Waals surface area contributed by atoms with Gasteiger partial charge in [0, 0.05) is 37.0 Å². The fourth-order valence-electron chi connectivity index (χ4n) is 15.5. The summed E-state index contributed by atoms with van der Waals surface area (Å²) >= 11 is 0. The summed E-state index contributed by atoms with van der Waals surface area (Å²) in [6, 6.07) is 81.6. The minimum Gasteiger partial charge on any atom is -0.465 e. The average Bonchev–Trinajstić information content (AvgIpc) is 1.62. The van der Waals surface area contributed by atoms with Gasteiger partial charge in [0.05, 0.1) is 48.2 Å². The first-order valence-electron chi connectivity index (χ1n) is 35.6. The second-order valence-electron chi connectivity index (χ2n) is 27.2. The first-order valence-corrected chi connectivity index (χ1v) is 35.6. The van der Waals surface area contributed by atoms with E-state index in [1.807, 2.05) is 134 Å². The topological polar surface area (TPSA) is 171 Å². The van der Waals surface area contributed by atoms with Crippen LogP contribution in [0.4, 0.5) is 0 Å².